The van der Waals surface area contributed by atoms with Crippen LogP contribution in [0.5, 0.6) is 0 Å². The Balaban J connectivity index is 1.35. The molecule has 1 atom stereocenters. The fourth-order valence-corrected chi connectivity index (χ4v) is 4.55. The van der Waals surface area contributed by atoms with Crippen LogP contribution in [0.25, 0.3) is 17.1 Å². The number of rotatable bonds is 6. The highest BCUT2D eigenvalue weighted by Crippen LogP contribution is 2.33. The first-order valence-corrected chi connectivity index (χ1v) is 11.4. The first kappa shape index (κ1) is 21.5. The van der Waals surface area contributed by atoms with E-state index in [1.807, 2.05) is 53.2 Å². The van der Waals surface area contributed by atoms with Crippen LogP contribution < -0.4 is 0 Å². The Labute approximate surface area is 193 Å². The summed E-state index contributed by atoms with van der Waals surface area (Å²) in [6, 6.07) is 24.2. The minimum atomic E-state index is -0.480. The number of aromatic nitrogens is 3. The Morgan fingerprint density at radius 2 is 1.67 bits per heavy atom. The average molecular weight is 443 g/mol. The summed E-state index contributed by atoms with van der Waals surface area (Å²) < 4.78 is 15.3. The number of aliphatic hydroxyl groups excluding tert-OH is 1. The molecular weight excluding hydrogens is 415 g/mol. The van der Waals surface area contributed by atoms with Crippen molar-refractivity contribution in [2.75, 3.05) is 19.6 Å². The zero-order valence-electron chi connectivity index (χ0n) is 18.4. The van der Waals surface area contributed by atoms with Crippen LogP contribution in [0.2, 0.25) is 0 Å². The number of hydrogen-bond donors (Lipinski definition) is 1. The van der Waals surface area contributed by atoms with Gasteiger partial charge in [0.25, 0.3) is 0 Å². The molecule has 2 aromatic carbocycles. The third kappa shape index (κ3) is 4.87. The van der Waals surface area contributed by atoms with Gasteiger partial charge >= 0.3 is 0 Å². The average Bonchev–Trinajstić information content (AvgIpc) is 3.31. The predicted octanol–water partition coefficient (Wildman–Crippen LogP) is 4.99. The van der Waals surface area contributed by atoms with Crippen LogP contribution in [-0.4, -0.2) is 44.4 Å². The lowest BCUT2D eigenvalue weighted by Crippen LogP contribution is -2.36. The zero-order valence-corrected chi connectivity index (χ0v) is 18.4. The molecule has 1 fully saturated rings. The Bertz CT molecular complexity index is 1170. The van der Waals surface area contributed by atoms with E-state index in [2.05, 4.69) is 16.0 Å². The Kier molecular flexibility index (Phi) is 6.28. The van der Waals surface area contributed by atoms with Gasteiger partial charge in [0.15, 0.2) is 5.82 Å². The van der Waals surface area contributed by atoms with Crippen LogP contribution in [0.1, 0.15) is 36.1 Å². The molecule has 33 heavy (non-hydrogen) atoms. The van der Waals surface area contributed by atoms with Gasteiger partial charge in [0.05, 0.1) is 11.8 Å². The van der Waals surface area contributed by atoms with Crippen LogP contribution in [-0.2, 0) is 0 Å². The molecule has 5 rings (SSSR count). The van der Waals surface area contributed by atoms with Crippen molar-refractivity contribution in [2.24, 2.45) is 0 Å². The standard InChI is InChI=1S/C27H27FN4O/c28-23-11-9-20(10-12-23)24-18-25(32(30-24)27-8-4-5-15-29-27)21-13-16-31(17-14-21)19-26(33)22-6-2-1-3-7-22/h1-12,15,18,21,26,33H,13-14,16-17,19H2. The second kappa shape index (κ2) is 9.65. The summed E-state index contributed by atoms with van der Waals surface area (Å²) in [5.41, 5.74) is 3.78. The molecule has 0 aliphatic carbocycles. The molecule has 0 saturated carbocycles. The van der Waals surface area contributed by atoms with Crippen LogP contribution in [0.4, 0.5) is 4.39 Å². The Morgan fingerprint density at radius 3 is 2.36 bits per heavy atom. The molecule has 1 unspecified atom stereocenters. The number of β-amino-alcohol motifs (C(OH)–C–C–N with tert-alkyl or cyclic N) is 1. The largest absolute Gasteiger partial charge is 0.387 e. The number of aliphatic hydroxyl groups is 1. The van der Waals surface area contributed by atoms with Crippen molar-refractivity contribution in [1.29, 1.82) is 0 Å². The van der Waals surface area contributed by atoms with Gasteiger partial charge in [0, 0.05) is 29.9 Å². The first-order valence-electron chi connectivity index (χ1n) is 11.4. The van der Waals surface area contributed by atoms with Crippen molar-refractivity contribution in [2.45, 2.75) is 24.9 Å². The number of pyridine rings is 1. The summed E-state index contributed by atoms with van der Waals surface area (Å²) in [7, 11) is 0. The van der Waals surface area contributed by atoms with E-state index in [1.54, 1.807) is 18.3 Å². The van der Waals surface area contributed by atoms with Crippen molar-refractivity contribution in [3.63, 3.8) is 0 Å². The van der Waals surface area contributed by atoms with Gasteiger partial charge in [-0.1, -0.05) is 36.4 Å². The number of benzene rings is 2. The summed E-state index contributed by atoms with van der Waals surface area (Å²) in [6.07, 6.45) is 3.24. The molecule has 5 nitrogen and oxygen atoms in total. The molecule has 0 amide bonds. The van der Waals surface area contributed by atoms with E-state index in [4.69, 9.17) is 5.10 Å². The highest BCUT2D eigenvalue weighted by Gasteiger charge is 2.26. The maximum Gasteiger partial charge on any atom is 0.153 e. The van der Waals surface area contributed by atoms with Crippen molar-refractivity contribution in [1.82, 2.24) is 19.7 Å². The quantitative estimate of drug-likeness (QED) is 0.457. The minimum Gasteiger partial charge on any atom is -0.387 e. The minimum absolute atomic E-state index is 0.256. The van der Waals surface area contributed by atoms with Crippen molar-refractivity contribution >= 4 is 0 Å². The van der Waals surface area contributed by atoms with E-state index < -0.39 is 6.10 Å². The van der Waals surface area contributed by atoms with Crippen LogP contribution >= 0.6 is 0 Å². The van der Waals surface area contributed by atoms with Crippen LogP contribution in [0, 0.1) is 5.82 Å². The van der Waals surface area contributed by atoms with E-state index in [0.717, 1.165) is 54.3 Å². The van der Waals surface area contributed by atoms with Crippen molar-refractivity contribution < 1.29 is 9.50 Å². The lowest BCUT2D eigenvalue weighted by molar-refractivity contribution is 0.0967. The number of piperidine rings is 1. The van der Waals surface area contributed by atoms with E-state index >= 15 is 0 Å². The molecule has 3 heterocycles. The maximum atomic E-state index is 13.4. The summed E-state index contributed by atoms with van der Waals surface area (Å²) in [4.78, 5) is 6.84. The lowest BCUT2D eigenvalue weighted by atomic mass is 9.92. The molecule has 6 heteroatoms. The third-order valence-electron chi connectivity index (χ3n) is 6.36. The molecule has 1 aliphatic heterocycles. The maximum absolute atomic E-state index is 13.4. The topological polar surface area (TPSA) is 54.2 Å². The summed E-state index contributed by atoms with van der Waals surface area (Å²) in [5, 5.41) is 15.4. The summed E-state index contributed by atoms with van der Waals surface area (Å²) in [5.74, 6) is 0.856. The van der Waals surface area contributed by atoms with Gasteiger partial charge in [-0.15, -0.1) is 0 Å². The fraction of sp³-hybridized carbons (Fsp3) is 0.259. The summed E-state index contributed by atoms with van der Waals surface area (Å²) >= 11 is 0. The fourth-order valence-electron chi connectivity index (χ4n) is 4.55. The van der Waals surface area contributed by atoms with Gasteiger partial charge in [-0.25, -0.2) is 14.1 Å². The number of likely N-dealkylation sites (tertiary alicyclic amines) is 1. The SMILES string of the molecule is OC(CN1CCC(c2cc(-c3ccc(F)cc3)nn2-c2ccccn2)CC1)c1ccccc1. The molecule has 0 radical (unpaired) electrons. The van der Waals surface area contributed by atoms with E-state index in [-0.39, 0.29) is 5.82 Å². The molecule has 0 bridgehead atoms. The first-order chi connectivity index (χ1) is 16.2. The van der Waals surface area contributed by atoms with Gasteiger partial charge in [-0.3, -0.25) is 0 Å². The number of halogens is 1. The highest BCUT2D eigenvalue weighted by atomic mass is 19.1. The van der Waals surface area contributed by atoms with Gasteiger partial charge in [-0.2, -0.15) is 5.10 Å². The molecule has 1 saturated heterocycles. The van der Waals surface area contributed by atoms with Gasteiger partial charge in [0.2, 0.25) is 0 Å². The molecule has 0 spiro atoms. The predicted molar refractivity (Wildman–Crippen MR) is 127 cm³/mol. The molecule has 168 valence electrons. The van der Waals surface area contributed by atoms with Gasteiger partial charge in [0.1, 0.15) is 5.82 Å². The van der Waals surface area contributed by atoms with Crippen LogP contribution in [0.15, 0.2) is 85.1 Å². The molecule has 1 aliphatic rings. The lowest BCUT2D eigenvalue weighted by Gasteiger charge is -2.33. The number of hydrogen-bond acceptors (Lipinski definition) is 4. The second-order valence-corrected chi connectivity index (χ2v) is 8.56. The molecule has 1 N–H and O–H groups in total. The van der Waals surface area contributed by atoms with Gasteiger partial charge < -0.3 is 10.0 Å². The van der Waals surface area contributed by atoms with Crippen LogP contribution in [0.3, 0.4) is 0 Å². The van der Waals surface area contributed by atoms with Gasteiger partial charge in [-0.05, 0) is 74.0 Å². The van der Waals surface area contributed by atoms with Crippen molar-refractivity contribution in [3.8, 4) is 17.1 Å². The van der Waals surface area contributed by atoms with E-state index in [0.29, 0.717) is 12.5 Å². The highest BCUT2D eigenvalue weighted by molar-refractivity contribution is 5.60. The van der Waals surface area contributed by atoms with Crippen molar-refractivity contribution in [3.05, 3.63) is 102 Å². The van der Waals surface area contributed by atoms with E-state index in [9.17, 15) is 9.50 Å². The second-order valence-electron chi connectivity index (χ2n) is 8.56. The summed E-state index contributed by atoms with van der Waals surface area (Å²) in [6.45, 7) is 2.46. The third-order valence-corrected chi connectivity index (χ3v) is 6.36. The monoisotopic (exact) mass is 442 g/mol. The Morgan fingerprint density at radius 1 is 0.939 bits per heavy atom. The zero-order chi connectivity index (χ0) is 22.6. The molecular formula is C27H27FN4O. The smallest absolute Gasteiger partial charge is 0.153 e. The normalized spacial score (nSPS) is 16.1. The number of nitrogens with zero attached hydrogens (tertiary/aromatic N) is 4. The molecule has 4 aromatic rings. The molecule has 2 aromatic heterocycles. The Hall–Kier alpha value is -3.35. The van der Waals surface area contributed by atoms with E-state index in [1.165, 1.54) is 12.1 Å².